The fourth-order valence-corrected chi connectivity index (χ4v) is 2.40. The molecule has 0 spiro atoms. The summed E-state index contributed by atoms with van der Waals surface area (Å²) in [6, 6.07) is 6.92. The number of nitrogens with two attached hydrogens (primary N) is 1. The Morgan fingerprint density at radius 1 is 1.22 bits per heavy atom. The summed E-state index contributed by atoms with van der Waals surface area (Å²) >= 11 is 0. The number of benzene rings is 1. The summed E-state index contributed by atoms with van der Waals surface area (Å²) in [7, 11) is 3.35. The van der Waals surface area contributed by atoms with Gasteiger partial charge in [-0.05, 0) is 37.1 Å². The summed E-state index contributed by atoms with van der Waals surface area (Å²) < 4.78 is 5.38. The van der Waals surface area contributed by atoms with E-state index in [0.717, 1.165) is 25.7 Å². The Kier molecular flexibility index (Phi) is 6.84. The van der Waals surface area contributed by atoms with E-state index >= 15 is 0 Å². The highest BCUT2D eigenvalue weighted by Crippen LogP contribution is 2.28. The van der Waals surface area contributed by atoms with Crippen LogP contribution in [-0.2, 0) is 9.59 Å². The minimum atomic E-state index is -0.743. The van der Waals surface area contributed by atoms with Crippen LogP contribution in [0.5, 0.6) is 5.75 Å². The van der Waals surface area contributed by atoms with Gasteiger partial charge in [0.25, 0.3) is 5.91 Å². The number of hydrogen-bond acceptors (Lipinski definition) is 4. The molecule has 2 amide bonds. The molecule has 1 fully saturated rings. The molecule has 0 aromatic heterocycles. The first-order valence-electron chi connectivity index (χ1n) is 7.44. The minimum Gasteiger partial charge on any atom is -0.484 e. The second-order valence-electron chi connectivity index (χ2n) is 5.92. The van der Waals surface area contributed by atoms with Crippen LogP contribution in [0.4, 0.5) is 5.69 Å². The molecule has 1 aliphatic carbocycles. The normalized spacial score (nSPS) is 15.4. The van der Waals surface area contributed by atoms with Crippen molar-refractivity contribution in [1.29, 1.82) is 0 Å². The van der Waals surface area contributed by atoms with Crippen LogP contribution in [-0.4, -0.2) is 43.0 Å². The van der Waals surface area contributed by atoms with Crippen molar-refractivity contribution in [2.75, 3.05) is 26.0 Å². The molecule has 6 nitrogen and oxygen atoms in total. The van der Waals surface area contributed by atoms with Gasteiger partial charge in [-0.25, -0.2) is 0 Å². The van der Waals surface area contributed by atoms with Gasteiger partial charge >= 0.3 is 0 Å². The number of likely N-dealkylation sites (N-methyl/N-ethyl adjacent to an activating group) is 1. The van der Waals surface area contributed by atoms with Crippen LogP contribution in [0.3, 0.4) is 0 Å². The number of anilines is 1. The molecule has 1 aromatic rings. The standard InChI is InChI=1S/C16H23N3O3.ClH/c1-19(2)14(20)11-22-13-7-5-12(6-8-13)18-15(21)16(17)9-3-4-10-16;/h5-8H,3-4,9-11,17H2,1-2H3,(H,18,21);1H. The molecule has 1 aromatic carbocycles. The Hall–Kier alpha value is -1.79. The first kappa shape index (κ1) is 19.3. The molecule has 0 saturated heterocycles. The predicted octanol–water partition coefficient (Wildman–Crippen LogP) is 1.79. The number of amides is 2. The van der Waals surface area contributed by atoms with Gasteiger partial charge in [0.15, 0.2) is 6.61 Å². The average molecular weight is 342 g/mol. The first-order valence-corrected chi connectivity index (χ1v) is 7.44. The van der Waals surface area contributed by atoms with Crippen molar-refractivity contribution < 1.29 is 14.3 Å². The van der Waals surface area contributed by atoms with E-state index in [9.17, 15) is 9.59 Å². The van der Waals surface area contributed by atoms with Crippen molar-refractivity contribution in [2.24, 2.45) is 5.73 Å². The Labute approximate surface area is 142 Å². The Morgan fingerprint density at radius 3 is 2.30 bits per heavy atom. The highest BCUT2D eigenvalue weighted by molar-refractivity contribution is 5.98. The number of nitrogens with zero attached hydrogens (tertiary/aromatic N) is 1. The highest BCUT2D eigenvalue weighted by Gasteiger charge is 2.36. The molecule has 1 saturated carbocycles. The van der Waals surface area contributed by atoms with E-state index in [1.807, 2.05) is 0 Å². The molecule has 7 heteroatoms. The maximum Gasteiger partial charge on any atom is 0.259 e. The number of ether oxygens (including phenoxy) is 1. The number of halogens is 1. The molecular formula is C16H24ClN3O3. The molecule has 0 aliphatic heterocycles. The lowest BCUT2D eigenvalue weighted by Gasteiger charge is -2.22. The van der Waals surface area contributed by atoms with E-state index in [4.69, 9.17) is 10.5 Å². The molecule has 0 bridgehead atoms. The van der Waals surface area contributed by atoms with Crippen LogP contribution in [0.15, 0.2) is 24.3 Å². The fourth-order valence-electron chi connectivity index (χ4n) is 2.40. The zero-order chi connectivity index (χ0) is 16.2. The Balaban J connectivity index is 0.00000264. The van der Waals surface area contributed by atoms with E-state index in [1.165, 1.54) is 4.90 Å². The topological polar surface area (TPSA) is 84.7 Å². The first-order chi connectivity index (χ1) is 10.4. The minimum absolute atomic E-state index is 0. The van der Waals surface area contributed by atoms with Crippen molar-refractivity contribution in [3.63, 3.8) is 0 Å². The monoisotopic (exact) mass is 341 g/mol. The maximum atomic E-state index is 12.2. The van der Waals surface area contributed by atoms with Crippen LogP contribution >= 0.6 is 12.4 Å². The number of carbonyl (C=O) groups excluding carboxylic acids is 2. The third kappa shape index (κ3) is 5.11. The van der Waals surface area contributed by atoms with E-state index in [-0.39, 0.29) is 30.8 Å². The largest absolute Gasteiger partial charge is 0.484 e. The van der Waals surface area contributed by atoms with E-state index in [0.29, 0.717) is 11.4 Å². The third-order valence-electron chi connectivity index (χ3n) is 3.92. The smallest absolute Gasteiger partial charge is 0.259 e. The molecule has 2 rings (SSSR count). The number of nitrogens with one attached hydrogen (secondary N) is 1. The van der Waals surface area contributed by atoms with Crippen molar-refractivity contribution in [2.45, 2.75) is 31.2 Å². The summed E-state index contributed by atoms with van der Waals surface area (Å²) in [6.45, 7) is -0.00931. The molecular weight excluding hydrogens is 318 g/mol. The Bertz CT molecular complexity index is 540. The van der Waals surface area contributed by atoms with Crippen LogP contribution in [0, 0.1) is 0 Å². The molecule has 23 heavy (non-hydrogen) atoms. The number of carbonyl (C=O) groups is 2. The lowest BCUT2D eigenvalue weighted by molar-refractivity contribution is -0.130. The van der Waals surface area contributed by atoms with Crippen molar-refractivity contribution in [3.8, 4) is 5.75 Å². The van der Waals surface area contributed by atoms with Gasteiger partial charge in [0.05, 0.1) is 5.54 Å². The lowest BCUT2D eigenvalue weighted by atomic mass is 9.98. The zero-order valence-corrected chi connectivity index (χ0v) is 14.3. The van der Waals surface area contributed by atoms with Crippen LogP contribution in [0.1, 0.15) is 25.7 Å². The van der Waals surface area contributed by atoms with Gasteiger partial charge < -0.3 is 20.7 Å². The van der Waals surface area contributed by atoms with Gasteiger partial charge in [-0.2, -0.15) is 0 Å². The summed E-state index contributed by atoms with van der Waals surface area (Å²) in [5.74, 6) is 0.335. The number of hydrogen-bond donors (Lipinski definition) is 2. The predicted molar refractivity (Wildman–Crippen MR) is 91.9 cm³/mol. The molecule has 0 radical (unpaired) electrons. The molecule has 1 aliphatic rings. The SMILES string of the molecule is CN(C)C(=O)COc1ccc(NC(=O)C2(N)CCCC2)cc1.Cl. The van der Waals surface area contributed by atoms with Crippen molar-refractivity contribution in [1.82, 2.24) is 4.90 Å². The van der Waals surface area contributed by atoms with Gasteiger partial charge in [-0.15, -0.1) is 12.4 Å². The van der Waals surface area contributed by atoms with Gasteiger partial charge in [-0.3, -0.25) is 9.59 Å². The summed E-state index contributed by atoms with van der Waals surface area (Å²) in [5.41, 5.74) is 6.04. The van der Waals surface area contributed by atoms with Crippen LogP contribution in [0.25, 0.3) is 0 Å². The average Bonchev–Trinajstić information content (AvgIpc) is 2.94. The second-order valence-corrected chi connectivity index (χ2v) is 5.92. The molecule has 0 heterocycles. The summed E-state index contributed by atoms with van der Waals surface area (Å²) in [4.78, 5) is 25.1. The Morgan fingerprint density at radius 2 is 1.78 bits per heavy atom. The van der Waals surface area contributed by atoms with Gasteiger partial charge in [0, 0.05) is 19.8 Å². The lowest BCUT2D eigenvalue weighted by Crippen LogP contribution is -2.48. The van der Waals surface area contributed by atoms with Crippen molar-refractivity contribution in [3.05, 3.63) is 24.3 Å². The summed E-state index contributed by atoms with van der Waals surface area (Å²) in [5, 5.41) is 2.84. The van der Waals surface area contributed by atoms with Crippen LogP contribution < -0.4 is 15.8 Å². The quantitative estimate of drug-likeness (QED) is 0.855. The van der Waals surface area contributed by atoms with E-state index < -0.39 is 5.54 Å². The fraction of sp³-hybridized carbons (Fsp3) is 0.500. The third-order valence-corrected chi connectivity index (χ3v) is 3.92. The van der Waals surface area contributed by atoms with Gasteiger partial charge in [0.1, 0.15) is 5.75 Å². The summed E-state index contributed by atoms with van der Waals surface area (Å²) in [6.07, 6.45) is 3.45. The van der Waals surface area contributed by atoms with E-state index in [2.05, 4.69) is 5.32 Å². The van der Waals surface area contributed by atoms with Gasteiger partial charge in [-0.1, -0.05) is 12.8 Å². The van der Waals surface area contributed by atoms with Crippen LogP contribution in [0.2, 0.25) is 0 Å². The maximum absolute atomic E-state index is 12.2. The van der Waals surface area contributed by atoms with Crippen molar-refractivity contribution >= 4 is 29.9 Å². The molecule has 128 valence electrons. The van der Waals surface area contributed by atoms with Gasteiger partial charge in [0.2, 0.25) is 5.91 Å². The zero-order valence-electron chi connectivity index (χ0n) is 13.5. The number of rotatable bonds is 5. The molecule has 3 N–H and O–H groups in total. The molecule has 0 atom stereocenters. The highest BCUT2D eigenvalue weighted by atomic mass is 35.5. The second kappa shape index (κ2) is 8.17. The molecule has 0 unspecified atom stereocenters. The van der Waals surface area contributed by atoms with E-state index in [1.54, 1.807) is 38.4 Å².